The normalized spacial score (nSPS) is 31.7. The van der Waals surface area contributed by atoms with Gasteiger partial charge in [-0.1, -0.05) is 0 Å². The summed E-state index contributed by atoms with van der Waals surface area (Å²) in [5, 5.41) is 3.53. The summed E-state index contributed by atoms with van der Waals surface area (Å²) in [6.07, 6.45) is 6.50. The minimum Gasteiger partial charge on any atom is -0.375 e. The summed E-state index contributed by atoms with van der Waals surface area (Å²) in [5.74, 6) is 0. The first-order valence-corrected chi connectivity index (χ1v) is 5.60. The molecule has 1 aromatic rings. The van der Waals surface area contributed by atoms with Crippen LogP contribution in [-0.4, -0.2) is 28.2 Å². The molecule has 4 nitrogen and oxygen atoms in total. The molecule has 0 spiro atoms. The summed E-state index contributed by atoms with van der Waals surface area (Å²) in [7, 11) is 0. The number of nitrogens with zero attached hydrogens (tertiary/aromatic N) is 1. The highest BCUT2D eigenvalue weighted by Gasteiger charge is 2.23. The first-order chi connectivity index (χ1) is 7.24. The van der Waals surface area contributed by atoms with Crippen LogP contribution in [0.5, 0.6) is 0 Å². The zero-order valence-electron chi connectivity index (χ0n) is 9.36. The van der Waals surface area contributed by atoms with Crippen LogP contribution in [0.15, 0.2) is 12.5 Å². The SMILES string of the molecule is CC1CC(NCc2cnc[nH]2)CC(C)O1. The summed E-state index contributed by atoms with van der Waals surface area (Å²) < 4.78 is 5.69. The molecule has 1 aliphatic rings. The molecule has 84 valence electrons. The number of hydrogen-bond donors (Lipinski definition) is 2. The molecule has 0 aliphatic carbocycles. The van der Waals surface area contributed by atoms with Crippen molar-refractivity contribution >= 4 is 0 Å². The molecule has 2 N–H and O–H groups in total. The van der Waals surface area contributed by atoms with Crippen molar-refractivity contribution in [2.75, 3.05) is 0 Å². The summed E-state index contributed by atoms with van der Waals surface area (Å²) >= 11 is 0. The summed E-state index contributed by atoms with van der Waals surface area (Å²) in [4.78, 5) is 7.09. The molecule has 0 amide bonds. The lowest BCUT2D eigenvalue weighted by molar-refractivity contribution is -0.0423. The third kappa shape index (κ3) is 3.04. The third-order valence-electron chi connectivity index (χ3n) is 2.83. The van der Waals surface area contributed by atoms with Crippen LogP contribution in [0.3, 0.4) is 0 Å². The molecule has 0 saturated carbocycles. The fourth-order valence-corrected chi connectivity index (χ4v) is 2.21. The summed E-state index contributed by atoms with van der Waals surface area (Å²) in [6, 6.07) is 0.562. The Kier molecular flexibility index (Phi) is 3.38. The highest BCUT2D eigenvalue weighted by molar-refractivity contribution is 4.94. The van der Waals surface area contributed by atoms with Gasteiger partial charge in [0.15, 0.2) is 0 Å². The van der Waals surface area contributed by atoms with Gasteiger partial charge in [0.05, 0.1) is 18.5 Å². The first kappa shape index (κ1) is 10.6. The van der Waals surface area contributed by atoms with Crippen molar-refractivity contribution in [1.82, 2.24) is 15.3 Å². The summed E-state index contributed by atoms with van der Waals surface area (Å²) in [5.41, 5.74) is 1.14. The van der Waals surface area contributed by atoms with Crippen LogP contribution in [0, 0.1) is 0 Å². The van der Waals surface area contributed by atoms with Crippen LogP contribution >= 0.6 is 0 Å². The van der Waals surface area contributed by atoms with Gasteiger partial charge in [0.25, 0.3) is 0 Å². The Morgan fingerprint density at radius 3 is 2.80 bits per heavy atom. The molecule has 2 unspecified atom stereocenters. The fraction of sp³-hybridized carbons (Fsp3) is 0.727. The van der Waals surface area contributed by atoms with Gasteiger partial charge in [-0.05, 0) is 26.7 Å². The quantitative estimate of drug-likeness (QED) is 0.792. The zero-order valence-corrected chi connectivity index (χ0v) is 9.36. The van der Waals surface area contributed by atoms with Crippen LogP contribution in [0.25, 0.3) is 0 Å². The minimum absolute atomic E-state index is 0.369. The van der Waals surface area contributed by atoms with E-state index in [9.17, 15) is 0 Å². The first-order valence-electron chi connectivity index (χ1n) is 5.60. The van der Waals surface area contributed by atoms with Crippen molar-refractivity contribution in [3.05, 3.63) is 18.2 Å². The summed E-state index contributed by atoms with van der Waals surface area (Å²) in [6.45, 7) is 5.14. The molecule has 4 heteroatoms. The van der Waals surface area contributed by atoms with Gasteiger partial charge in [0.2, 0.25) is 0 Å². The monoisotopic (exact) mass is 209 g/mol. The van der Waals surface area contributed by atoms with E-state index in [1.807, 2.05) is 6.20 Å². The smallest absolute Gasteiger partial charge is 0.0922 e. The number of ether oxygens (including phenoxy) is 1. The molecule has 0 radical (unpaired) electrons. The Labute approximate surface area is 90.4 Å². The van der Waals surface area contributed by atoms with E-state index in [1.54, 1.807) is 6.33 Å². The second-order valence-corrected chi connectivity index (χ2v) is 4.38. The molecule has 0 bridgehead atoms. The molecule has 1 fully saturated rings. The van der Waals surface area contributed by atoms with E-state index < -0.39 is 0 Å². The molecule has 1 aliphatic heterocycles. The van der Waals surface area contributed by atoms with Crippen LogP contribution in [-0.2, 0) is 11.3 Å². The van der Waals surface area contributed by atoms with Crippen LogP contribution < -0.4 is 5.32 Å². The van der Waals surface area contributed by atoms with Gasteiger partial charge in [0, 0.05) is 24.5 Å². The Morgan fingerprint density at radius 1 is 1.47 bits per heavy atom. The molecule has 2 atom stereocenters. The molecular formula is C11H19N3O. The highest BCUT2D eigenvalue weighted by atomic mass is 16.5. The van der Waals surface area contributed by atoms with E-state index in [-0.39, 0.29) is 0 Å². The minimum atomic E-state index is 0.369. The second kappa shape index (κ2) is 4.77. The maximum atomic E-state index is 5.69. The van der Waals surface area contributed by atoms with E-state index in [2.05, 4.69) is 29.1 Å². The lowest BCUT2D eigenvalue weighted by atomic mass is 10.00. The number of imidazole rings is 1. The van der Waals surface area contributed by atoms with E-state index in [0.29, 0.717) is 18.2 Å². The Balaban J connectivity index is 1.79. The number of rotatable bonds is 3. The number of aromatic nitrogens is 2. The van der Waals surface area contributed by atoms with E-state index in [4.69, 9.17) is 4.74 Å². The van der Waals surface area contributed by atoms with Crippen molar-refractivity contribution in [2.45, 2.75) is 51.5 Å². The largest absolute Gasteiger partial charge is 0.375 e. The number of nitrogens with one attached hydrogen (secondary N) is 2. The highest BCUT2D eigenvalue weighted by Crippen LogP contribution is 2.19. The fourth-order valence-electron chi connectivity index (χ4n) is 2.21. The third-order valence-corrected chi connectivity index (χ3v) is 2.83. The molecule has 1 saturated heterocycles. The molecule has 2 rings (SSSR count). The van der Waals surface area contributed by atoms with Crippen LogP contribution in [0.2, 0.25) is 0 Å². The van der Waals surface area contributed by atoms with Crippen LogP contribution in [0.1, 0.15) is 32.4 Å². The number of aromatic amines is 1. The van der Waals surface area contributed by atoms with Gasteiger partial charge in [-0.2, -0.15) is 0 Å². The second-order valence-electron chi connectivity index (χ2n) is 4.38. The topological polar surface area (TPSA) is 49.9 Å². The van der Waals surface area contributed by atoms with Gasteiger partial charge in [0.1, 0.15) is 0 Å². The van der Waals surface area contributed by atoms with Crippen LogP contribution in [0.4, 0.5) is 0 Å². The predicted octanol–water partition coefficient (Wildman–Crippen LogP) is 1.46. The average molecular weight is 209 g/mol. The van der Waals surface area contributed by atoms with Gasteiger partial charge in [-0.3, -0.25) is 0 Å². The molecular weight excluding hydrogens is 190 g/mol. The Bertz CT molecular complexity index is 276. The van der Waals surface area contributed by atoms with Gasteiger partial charge < -0.3 is 15.0 Å². The van der Waals surface area contributed by atoms with Crippen molar-refractivity contribution in [3.63, 3.8) is 0 Å². The lowest BCUT2D eigenvalue weighted by Gasteiger charge is -2.32. The van der Waals surface area contributed by atoms with Gasteiger partial charge in [-0.25, -0.2) is 4.98 Å². The van der Waals surface area contributed by atoms with E-state index in [0.717, 1.165) is 25.1 Å². The lowest BCUT2D eigenvalue weighted by Crippen LogP contribution is -2.41. The average Bonchev–Trinajstić information content (AvgIpc) is 2.65. The van der Waals surface area contributed by atoms with E-state index in [1.165, 1.54) is 0 Å². The molecule has 0 aromatic carbocycles. The van der Waals surface area contributed by atoms with Crippen molar-refractivity contribution < 1.29 is 4.74 Å². The van der Waals surface area contributed by atoms with E-state index >= 15 is 0 Å². The molecule has 1 aromatic heterocycles. The Hall–Kier alpha value is -0.870. The number of H-pyrrole nitrogens is 1. The Morgan fingerprint density at radius 2 is 2.20 bits per heavy atom. The predicted molar refractivity (Wildman–Crippen MR) is 58.5 cm³/mol. The maximum Gasteiger partial charge on any atom is 0.0922 e. The van der Waals surface area contributed by atoms with Gasteiger partial charge in [-0.15, -0.1) is 0 Å². The molecule has 15 heavy (non-hydrogen) atoms. The van der Waals surface area contributed by atoms with Crippen molar-refractivity contribution in [1.29, 1.82) is 0 Å². The standard InChI is InChI=1S/C11H19N3O/c1-8-3-10(4-9(2)15-8)13-6-11-5-12-7-14-11/h5,7-10,13H,3-4,6H2,1-2H3,(H,12,14). The van der Waals surface area contributed by atoms with Gasteiger partial charge >= 0.3 is 0 Å². The van der Waals surface area contributed by atoms with Crippen molar-refractivity contribution in [2.24, 2.45) is 0 Å². The number of hydrogen-bond acceptors (Lipinski definition) is 3. The maximum absolute atomic E-state index is 5.69. The zero-order chi connectivity index (χ0) is 10.7. The molecule has 2 heterocycles. The van der Waals surface area contributed by atoms with Crippen molar-refractivity contribution in [3.8, 4) is 0 Å².